The molecule has 0 aliphatic rings. The number of benzene rings is 1. The second kappa shape index (κ2) is 17.5. The molecule has 1 nitrogen and oxygen atoms in total. The molecular weight excluding hydrogens is 410 g/mol. The molecule has 0 unspecified atom stereocenters. The fraction of sp³-hybridized carbons (Fsp3) is 0.720. The molecule has 0 spiro atoms. The molecule has 0 aromatic heterocycles. The average Bonchev–Trinajstić information content (AvgIpc) is 2.72. The summed E-state index contributed by atoms with van der Waals surface area (Å²) in [7, 11) is 0. The summed E-state index contributed by atoms with van der Waals surface area (Å²) in [6, 6.07) is 6.54. The zero-order valence-electron chi connectivity index (χ0n) is 18.8. The molecule has 0 atom stereocenters. The van der Waals surface area contributed by atoms with Crippen LogP contribution in [0.5, 0.6) is 0 Å². The number of rotatable bonds is 17. The summed E-state index contributed by atoms with van der Waals surface area (Å²) in [6.07, 6.45) is 21.0. The van der Waals surface area contributed by atoms with Crippen LogP contribution in [0, 0.1) is 0 Å². The molecule has 4 heteroatoms. The lowest BCUT2D eigenvalue weighted by Crippen LogP contribution is -2.19. The molecule has 0 heterocycles. The van der Waals surface area contributed by atoms with Crippen molar-refractivity contribution in [3.63, 3.8) is 0 Å². The molecule has 1 rings (SSSR count). The third-order valence-corrected chi connectivity index (χ3v) is 6.73. The Kier molecular flexibility index (Phi) is 16.2. The number of thiol groups is 1. The number of unbranched alkanes of at least 4 members (excludes halogenated alkanes) is 12. The van der Waals surface area contributed by atoms with E-state index in [1.807, 2.05) is 0 Å². The van der Waals surface area contributed by atoms with E-state index in [4.69, 9.17) is 25.0 Å². The second-order valence-electron chi connectivity index (χ2n) is 8.23. The van der Waals surface area contributed by atoms with Crippen LogP contribution in [0.1, 0.15) is 115 Å². The van der Waals surface area contributed by atoms with Crippen LogP contribution in [0.3, 0.4) is 0 Å². The van der Waals surface area contributed by atoms with Gasteiger partial charge in [0.25, 0.3) is 0 Å². The number of nitrogens with zero attached hydrogens (tertiary/aromatic N) is 1. The Balaban J connectivity index is 2.61. The number of thiocarbonyl (C=S) groups is 1. The minimum Gasteiger partial charge on any atom is -0.659 e. The summed E-state index contributed by atoms with van der Waals surface area (Å²) >= 11 is 15.1. The van der Waals surface area contributed by atoms with Crippen molar-refractivity contribution in [2.45, 2.75) is 117 Å². The van der Waals surface area contributed by atoms with Gasteiger partial charge in [-0.2, -0.15) is 0 Å². The molecule has 0 amide bonds. The first-order chi connectivity index (χ1) is 14.1. The smallest absolute Gasteiger partial charge is 0.115 e. The first-order valence-electron chi connectivity index (χ1n) is 11.9. The molecule has 0 N–H and O–H groups in total. The minimum absolute atomic E-state index is 0.467. The van der Waals surface area contributed by atoms with Crippen molar-refractivity contribution in [1.29, 1.82) is 0 Å². The van der Waals surface area contributed by atoms with Crippen LogP contribution < -0.4 is 4.31 Å². The summed E-state index contributed by atoms with van der Waals surface area (Å²) < 4.78 is 2.12. The zero-order chi connectivity index (χ0) is 21.3. The Hall–Kier alpha value is -0.190. The van der Waals surface area contributed by atoms with Crippen molar-refractivity contribution in [3.05, 3.63) is 29.3 Å². The van der Waals surface area contributed by atoms with Gasteiger partial charge in [-0.1, -0.05) is 115 Å². The monoisotopic (exact) mass is 452 g/mol. The standard InChI is InChI=1S/C25H42NS3/c1-3-5-7-9-11-13-15-18-22-19-17-21-24(26(29)25(27)28)23(22)20-16-14-12-10-8-6-4-2/h17,19,21H,3-16,18,20H2,1-2H3,(H,27,28)/q-1. The molecule has 1 aromatic carbocycles. The Morgan fingerprint density at radius 2 is 1.28 bits per heavy atom. The highest BCUT2D eigenvalue weighted by molar-refractivity contribution is 8.12. The predicted molar refractivity (Wildman–Crippen MR) is 141 cm³/mol. The van der Waals surface area contributed by atoms with E-state index in [-0.39, 0.29) is 0 Å². The number of anilines is 1. The van der Waals surface area contributed by atoms with Crippen molar-refractivity contribution in [2.75, 3.05) is 4.31 Å². The van der Waals surface area contributed by atoms with Crippen molar-refractivity contribution in [3.8, 4) is 0 Å². The van der Waals surface area contributed by atoms with Crippen molar-refractivity contribution >= 4 is 47.7 Å². The molecule has 29 heavy (non-hydrogen) atoms. The predicted octanol–water partition coefficient (Wildman–Crippen LogP) is 8.76. The van der Waals surface area contributed by atoms with E-state index in [2.05, 4.69) is 44.7 Å². The average molecular weight is 453 g/mol. The fourth-order valence-electron chi connectivity index (χ4n) is 3.97. The topological polar surface area (TPSA) is 3.24 Å². The summed E-state index contributed by atoms with van der Waals surface area (Å²) in [6.45, 7) is 4.55. The maximum atomic E-state index is 5.53. The van der Waals surface area contributed by atoms with E-state index in [9.17, 15) is 0 Å². The molecule has 166 valence electrons. The van der Waals surface area contributed by atoms with Crippen LogP contribution in [0.2, 0.25) is 0 Å². The van der Waals surface area contributed by atoms with Crippen molar-refractivity contribution < 1.29 is 0 Å². The van der Waals surface area contributed by atoms with Gasteiger partial charge in [-0.05, 0) is 42.9 Å². The Bertz CT molecular complexity index is 559. The SMILES string of the molecule is CCCCCCCCCc1cccc(N([S-])C(=S)S)c1CCCCCCCCC. The lowest BCUT2D eigenvalue weighted by atomic mass is 9.94. The van der Waals surface area contributed by atoms with Crippen LogP contribution >= 0.6 is 24.8 Å². The van der Waals surface area contributed by atoms with E-state index >= 15 is 0 Å². The molecule has 0 fully saturated rings. The first-order valence-corrected chi connectivity index (χ1v) is 13.1. The van der Waals surface area contributed by atoms with Gasteiger partial charge in [-0.15, -0.1) is 12.6 Å². The van der Waals surface area contributed by atoms with Gasteiger partial charge in [-0.25, -0.2) is 0 Å². The van der Waals surface area contributed by atoms with Gasteiger partial charge in [0.05, 0.1) is 0 Å². The summed E-state index contributed by atoms with van der Waals surface area (Å²) in [4.78, 5) is 0. The maximum Gasteiger partial charge on any atom is 0.115 e. The van der Waals surface area contributed by atoms with Gasteiger partial charge >= 0.3 is 0 Å². The van der Waals surface area contributed by atoms with E-state index < -0.39 is 0 Å². The van der Waals surface area contributed by atoms with Crippen molar-refractivity contribution in [2.24, 2.45) is 0 Å². The molecule has 0 bridgehead atoms. The maximum absolute atomic E-state index is 5.53. The normalized spacial score (nSPS) is 11.0. The first kappa shape index (κ1) is 26.8. The lowest BCUT2D eigenvalue weighted by molar-refractivity contribution is 0.583. The summed E-state index contributed by atoms with van der Waals surface area (Å²) in [5, 5.41) is 0. The van der Waals surface area contributed by atoms with Gasteiger partial charge in [-0.3, -0.25) is 0 Å². The molecular formula is C25H42NS3-. The van der Waals surface area contributed by atoms with Gasteiger partial charge in [0.2, 0.25) is 0 Å². The lowest BCUT2D eigenvalue weighted by Gasteiger charge is -2.33. The highest BCUT2D eigenvalue weighted by Gasteiger charge is 2.10. The zero-order valence-corrected chi connectivity index (χ0v) is 21.3. The van der Waals surface area contributed by atoms with Gasteiger partial charge < -0.3 is 17.1 Å². The summed E-state index contributed by atoms with van der Waals surface area (Å²) in [5.41, 5.74) is 3.94. The molecule has 0 aliphatic carbocycles. The molecule has 0 radical (unpaired) electrons. The van der Waals surface area contributed by atoms with Crippen LogP contribution in [0.4, 0.5) is 5.69 Å². The number of aryl methyl sites for hydroxylation is 1. The van der Waals surface area contributed by atoms with E-state index in [1.54, 1.807) is 4.31 Å². The van der Waals surface area contributed by atoms with Crippen LogP contribution in [0.25, 0.3) is 0 Å². The van der Waals surface area contributed by atoms with Crippen LogP contribution in [0.15, 0.2) is 18.2 Å². The highest BCUT2D eigenvalue weighted by atomic mass is 32.1. The van der Waals surface area contributed by atoms with Crippen molar-refractivity contribution in [1.82, 2.24) is 0 Å². The van der Waals surface area contributed by atoms with Crippen LogP contribution in [-0.2, 0) is 25.7 Å². The number of hydrogen-bond acceptors (Lipinski definition) is 2. The van der Waals surface area contributed by atoms with Gasteiger partial charge in [0.1, 0.15) is 4.32 Å². The molecule has 0 aliphatic heterocycles. The Morgan fingerprint density at radius 1 is 0.793 bits per heavy atom. The van der Waals surface area contributed by atoms with E-state index in [0.717, 1.165) is 18.5 Å². The third kappa shape index (κ3) is 11.7. The summed E-state index contributed by atoms with van der Waals surface area (Å²) in [5.74, 6) is 0. The quantitative estimate of drug-likeness (QED) is 0.109. The van der Waals surface area contributed by atoms with Crippen LogP contribution in [-0.4, -0.2) is 4.32 Å². The van der Waals surface area contributed by atoms with Gasteiger partial charge in [0.15, 0.2) is 0 Å². The molecule has 0 saturated heterocycles. The minimum atomic E-state index is 0.467. The second-order valence-corrected chi connectivity index (χ2v) is 9.71. The molecule has 0 saturated carbocycles. The van der Waals surface area contributed by atoms with Gasteiger partial charge in [0, 0.05) is 5.69 Å². The Labute approximate surface area is 197 Å². The number of hydrogen-bond donors (Lipinski definition) is 1. The third-order valence-electron chi connectivity index (χ3n) is 5.72. The largest absolute Gasteiger partial charge is 0.659 e. The molecule has 1 aromatic rings. The fourth-order valence-corrected chi connectivity index (χ4v) is 4.35. The van der Waals surface area contributed by atoms with E-state index in [0.29, 0.717) is 4.32 Å². The van der Waals surface area contributed by atoms with E-state index in [1.165, 1.54) is 101 Å². The Morgan fingerprint density at radius 3 is 1.79 bits per heavy atom. The highest BCUT2D eigenvalue weighted by Crippen LogP contribution is 2.28.